The number of nitrogens with one attached hydrogen (secondary N) is 1. The van der Waals surface area contributed by atoms with Gasteiger partial charge >= 0.3 is 0 Å². The number of hydrogen-bond acceptors (Lipinski definition) is 5. The first kappa shape index (κ1) is 22.5. The lowest BCUT2D eigenvalue weighted by Gasteiger charge is -2.22. The number of likely N-dealkylation sites (N-methyl/N-ethyl adjacent to an activating group) is 2. The molecule has 0 bridgehead atoms. The Morgan fingerprint density at radius 3 is 2.24 bits per heavy atom. The molecule has 2 amide bonds. The average Bonchev–Trinajstić information content (AvgIpc) is 2.69. The summed E-state index contributed by atoms with van der Waals surface area (Å²) in [5, 5.41) is 3.38. The summed E-state index contributed by atoms with van der Waals surface area (Å²) in [6, 6.07) is 12.4. The molecule has 29 heavy (non-hydrogen) atoms. The summed E-state index contributed by atoms with van der Waals surface area (Å²) < 4.78 is 10.5. The van der Waals surface area contributed by atoms with Gasteiger partial charge in [-0.2, -0.15) is 0 Å². The molecule has 0 atom stereocenters. The van der Waals surface area contributed by atoms with E-state index in [1.807, 2.05) is 12.1 Å². The quantitative estimate of drug-likeness (QED) is 0.676. The van der Waals surface area contributed by atoms with Crippen LogP contribution < -0.4 is 14.8 Å². The molecule has 0 spiro atoms. The fourth-order valence-corrected chi connectivity index (χ4v) is 2.85. The van der Waals surface area contributed by atoms with Gasteiger partial charge in [-0.15, -0.1) is 0 Å². The maximum absolute atomic E-state index is 12.5. The van der Waals surface area contributed by atoms with Gasteiger partial charge in [0.1, 0.15) is 0 Å². The largest absolute Gasteiger partial charge is 0.493 e. The third-order valence-electron chi connectivity index (χ3n) is 4.24. The molecule has 0 heterocycles. The maximum Gasteiger partial charge on any atom is 0.238 e. The number of carbonyl (C=O) groups is 2. The van der Waals surface area contributed by atoms with Crippen LogP contribution in [0.4, 0.5) is 5.69 Å². The zero-order chi connectivity index (χ0) is 21.4. The minimum Gasteiger partial charge on any atom is -0.493 e. The molecule has 0 aromatic heterocycles. The Hall–Kier alpha value is -2.77. The average molecular weight is 420 g/mol. The number of methoxy groups -OCH3 is 2. The van der Waals surface area contributed by atoms with Gasteiger partial charge in [-0.1, -0.05) is 17.7 Å². The van der Waals surface area contributed by atoms with E-state index in [2.05, 4.69) is 5.32 Å². The monoisotopic (exact) mass is 419 g/mol. The molecule has 0 aliphatic rings. The van der Waals surface area contributed by atoms with Crippen LogP contribution in [0.5, 0.6) is 11.5 Å². The lowest BCUT2D eigenvalue weighted by atomic mass is 10.2. The van der Waals surface area contributed by atoms with Crippen molar-refractivity contribution in [1.82, 2.24) is 9.80 Å². The van der Waals surface area contributed by atoms with Crippen LogP contribution in [0.25, 0.3) is 0 Å². The number of carbonyl (C=O) groups excluding carboxylic acids is 2. The Morgan fingerprint density at radius 1 is 0.966 bits per heavy atom. The van der Waals surface area contributed by atoms with Crippen LogP contribution in [-0.4, -0.2) is 63.0 Å². The van der Waals surface area contributed by atoms with Crippen molar-refractivity contribution < 1.29 is 19.1 Å². The smallest absolute Gasteiger partial charge is 0.238 e. The number of nitrogens with zero attached hydrogens (tertiary/aromatic N) is 2. The molecule has 0 saturated heterocycles. The van der Waals surface area contributed by atoms with Crippen molar-refractivity contribution >= 4 is 29.1 Å². The van der Waals surface area contributed by atoms with Crippen molar-refractivity contribution in [3.63, 3.8) is 0 Å². The number of benzene rings is 2. The number of hydrogen-bond donors (Lipinski definition) is 1. The highest BCUT2D eigenvalue weighted by Crippen LogP contribution is 2.27. The molecule has 2 rings (SSSR count). The molecule has 0 aliphatic heterocycles. The first-order chi connectivity index (χ1) is 13.8. The first-order valence-corrected chi connectivity index (χ1v) is 9.39. The summed E-state index contributed by atoms with van der Waals surface area (Å²) in [6.07, 6.45) is 0. The predicted octanol–water partition coefficient (Wildman–Crippen LogP) is 2.89. The van der Waals surface area contributed by atoms with E-state index in [4.69, 9.17) is 21.1 Å². The summed E-state index contributed by atoms with van der Waals surface area (Å²) in [6.45, 7) is 0.639. The van der Waals surface area contributed by atoms with E-state index in [0.717, 1.165) is 5.56 Å². The van der Waals surface area contributed by atoms with Crippen LogP contribution in [0.15, 0.2) is 42.5 Å². The SMILES string of the molecule is COc1ccc(CN(C)C(=O)CN(C)CC(=O)Nc2ccc(Cl)cc2)cc1OC. The minimum atomic E-state index is -0.204. The molecular formula is C21H26ClN3O4. The van der Waals surface area contributed by atoms with Crippen molar-refractivity contribution in [2.45, 2.75) is 6.54 Å². The number of halogens is 1. The fraction of sp³-hybridized carbons (Fsp3) is 0.333. The van der Waals surface area contributed by atoms with E-state index < -0.39 is 0 Å². The van der Waals surface area contributed by atoms with Gasteiger partial charge in [0.25, 0.3) is 0 Å². The van der Waals surface area contributed by atoms with Crippen molar-refractivity contribution in [1.29, 1.82) is 0 Å². The van der Waals surface area contributed by atoms with E-state index in [-0.39, 0.29) is 24.9 Å². The van der Waals surface area contributed by atoms with Crippen LogP contribution in [0, 0.1) is 0 Å². The number of rotatable bonds is 9. The van der Waals surface area contributed by atoms with Crippen LogP contribution in [0.2, 0.25) is 5.02 Å². The number of amides is 2. The van der Waals surface area contributed by atoms with Crippen LogP contribution in [0.1, 0.15) is 5.56 Å². The highest BCUT2D eigenvalue weighted by atomic mass is 35.5. The Labute approximate surface area is 176 Å². The molecule has 2 aromatic carbocycles. The fourth-order valence-electron chi connectivity index (χ4n) is 2.73. The van der Waals surface area contributed by atoms with E-state index in [9.17, 15) is 9.59 Å². The number of ether oxygens (including phenoxy) is 2. The van der Waals surface area contributed by atoms with Gasteiger partial charge in [0.2, 0.25) is 11.8 Å². The van der Waals surface area contributed by atoms with Crippen molar-refractivity contribution in [2.75, 3.05) is 46.7 Å². The van der Waals surface area contributed by atoms with Gasteiger partial charge in [-0.25, -0.2) is 0 Å². The van der Waals surface area contributed by atoms with Gasteiger partial charge in [0.15, 0.2) is 11.5 Å². The van der Waals surface area contributed by atoms with E-state index in [1.165, 1.54) is 0 Å². The van der Waals surface area contributed by atoms with Crippen molar-refractivity contribution in [3.05, 3.63) is 53.1 Å². The molecule has 156 valence electrons. The predicted molar refractivity (Wildman–Crippen MR) is 114 cm³/mol. The topological polar surface area (TPSA) is 71.1 Å². The second-order valence-electron chi connectivity index (χ2n) is 6.67. The summed E-state index contributed by atoms with van der Waals surface area (Å²) >= 11 is 5.83. The third kappa shape index (κ3) is 6.96. The first-order valence-electron chi connectivity index (χ1n) is 9.01. The van der Waals surface area contributed by atoms with Crippen LogP contribution >= 0.6 is 11.6 Å². The van der Waals surface area contributed by atoms with E-state index in [0.29, 0.717) is 28.8 Å². The lowest BCUT2D eigenvalue weighted by Crippen LogP contribution is -2.39. The maximum atomic E-state index is 12.5. The Balaban J connectivity index is 1.85. The molecule has 0 saturated carbocycles. The highest BCUT2D eigenvalue weighted by Gasteiger charge is 2.15. The summed E-state index contributed by atoms with van der Waals surface area (Å²) in [7, 11) is 6.59. The van der Waals surface area contributed by atoms with Crippen molar-refractivity contribution in [3.8, 4) is 11.5 Å². The van der Waals surface area contributed by atoms with Crippen LogP contribution in [-0.2, 0) is 16.1 Å². The van der Waals surface area contributed by atoms with Crippen LogP contribution in [0.3, 0.4) is 0 Å². The third-order valence-corrected chi connectivity index (χ3v) is 4.49. The number of anilines is 1. The summed E-state index contributed by atoms with van der Waals surface area (Å²) in [4.78, 5) is 27.9. The van der Waals surface area contributed by atoms with Gasteiger partial charge in [0, 0.05) is 24.3 Å². The molecule has 8 heteroatoms. The Kier molecular flexibility index (Phi) is 8.30. The molecule has 0 radical (unpaired) electrons. The lowest BCUT2D eigenvalue weighted by molar-refractivity contribution is -0.131. The van der Waals surface area contributed by atoms with Gasteiger partial charge in [0.05, 0.1) is 27.3 Å². The Bertz CT molecular complexity index is 842. The van der Waals surface area contributed by atoms with Crippen molar-refractivity contribution in [2.24, 2.45) is 0 Å². The second-order valence-corrected chi connectivity index (χ2v) is 7.10. The molecule has 0 aliphatic carbocycles. The second kappa shape index (κ2) is 10.7. The Morgan fingerprint density at radius 2 is 1.62 bits per heavy atom. The van der Waals surface area contributed by atoms with Gasteiger partial charge in [-0.05, 0) is 49.0 Å². The molecule has 2 aromatic rings. The standard InChI is InChI=1S/C21H26ClN3O4/c1-24(13-20(26)23-17-8-6-16(22)7-9-17)14-21(27)25(2)12-15-5-10-18(28-3)19(11-15)29-4/h5-11H,12-14H2,1-4H3,(H,23,26). The molecule has 7 nitrogen and oxygen atoms in total. The minimum absolute atomic E-state index is 0.0958. The van der Waals surface area contributed by atoms with E-state index in [1.54, 1.807) is 68.4 Å². The van der Waals surface area contributed by atoms with Gasteiger partial charge < -0.3 is 19.7 Å². The molecule has 0 unspecified atom stereocenters. The molecule has 0 fully saturated rings. The highest BCUT2D eigenvalue weighted by molar-refractivity contribution is 6.30. The van der Waals surface area contributed by atoms with E-state index >= 15 is 0 Å². The zero-order valence-corrected chi connectivity index (χ0v) is 17.8. The summed E-state index contributed by atoms with van der Waals surface area (Å²) in [5.41, 5.74) is 1.58. The summed E-state index contributed by atoms with van der Waals surface area (Å²) in [5.74, 6) is 0.949. The zero-order valence-electron chi connectivity index (χ0n) is 17.1. The molecular weight excluding hydrogens is 394 g/mol. The molecule has 1 N–H and O–H groups in total. The van der Waals surface area contributed by atoms with Gasteiger partial charge in [-0.3, -0.25) is 14.5 Å². The normalized spacial score (nSPS) is 10.6.